The Morgan fingerprint density at radius 2 is 1.78 bits per heavy atom. The molecule has 0 bridgehead atoms. The Labute approximate surface area is 153 Å². The highest BCUT2D eigenvalue weighted by Gasteiger charge is 2.24. The number of esters is 1. The Morgan fingerprint density at radius 1 is 1.11 bits per heavy atom. The molecule has 1 N–H and O–H groups in total. The summed E-state index contributed by atoms with van der Waals surface area (Å²) in [5.41, 5.74) is 1.54. The molecule has 0 aliphatic rings. The molecule has 1 amide bonds. The molecule has 0 saturated heterocycles. The van der Waals surface area contributed by atoms with Crippen molar-refractivity contribution < 1.29 is 23.1 Å². The van der Waals surface area contributed by atoms with Crippen molar-refractivity contribution >= 4 is 22.9 Å². The van der Waals surface area contributed by atoms with Crippen LogP contribution in [0.15, 0.2) is 48.7 Å². The Morgan fingerprint density at radius 3 is 2.44 bits per heavy atom. The first-order valence-corrected chi connectivity index (χ1v) is 8.01. The minimum absolute atomic E-state index is 0.00798. The molecule has 0 aliphatic carbocycles. The van der Waals surface area contributed by atoms with Gasteiger partial charge in [0.2, 0.25) is 0 Å². The Kier molecular flexibility index (Phi) is 5.35. The third-order valence-electron chi connectivity index (χ3n) is 3.83. The van der Waals surface area contributed by atoms with E-state index in [0.717, 1.165) is 12.1 Å². The minimum Gasteiger partial charge on any atom is -0.467 e. The smallest absolute Gasteiger partial charge is 0.328 e. The van der Waals surface area contributed by atoms with Gasteiger partial charge < -0.3 is 10.1 Å². The molecule has 0 fully saturated rings. The second kappa shape index (κ2) is 7.86. The number of ether oxygens (including phenoxy) is 1. The Balaban J connectivity index is 1.82. The second-order valence-electron chi connectivity index (χ2n) is 5.76. The van der Waals surface area contributed by atoms with E-state index in [0.29, 0.717) is 22.8 Å². The average molecular weight is 371 g/mol. The van der Waals surface area contributed by atoms with Gasteiger partial charge in [-0.1, -0.05) is 12.1 Å². The molecule has 2 aromatic carbocycles. The fourth-order valence-electron chi connectivity index (χ4n) is 2.57. The molecule has 0 spiro atoms. The SMILES string of the molecule is COC(=O)[C@H](Cc1cnc2ccccc2n1)NC(=O)c1cc(F)cc(F)c1. The van der Waals surface area contributed by atoms with Gasteiger partial charge in [-0.3, -0.25) is 9.78 Å². The van der Waals surface area contributed by atoms with Crippen molar-refractivity contribution in [2.24, 2.45) is 0 Å². The van der Waals surface area contributed by atoms with Crippen LogP contribution in [0.4, 0.5) is 8.78 Å². The van der Waals surface area contributed by atoms with Gasteiger partial charge in [0, 0.05) is 24.2 Å². The molecule has 0 saturated carbocycles. The predicted molar refractivity (Wildman–Crippen MR) is 92.9 cm³/mol. The first-order chi connectivity index (χ1) is 13.0. The summed E-state index contributed by atoms with van der Waals surface area (Å²) in [4.78, 5) is 33.0. The summed E-state index contributed by atoms with van der Waals surface area (Å²) in [6, 6.07) is 8.51. The number of fused-ring (bicyclic) bond motifs is 1. The summed E-state index contributed by atoms with van der Waals surface area (Å²) < 4.78 is 31.3. The molecule has 27 heavy (non-hydrogen) atoms. The lowest BCUT2D eigenvalue weighted by Crippen LogP contribution is -2.43. The first kappa shape index (κ1) is 18.4. The van der Waals surface area contributed by atoms with E-state index in [9.17, 15) is 18.4 Å². The highest BCUT2D eigenvalue weighted by molar-refractivity contribution is 5.96. The molecule has 6 nitrogen and oxygen atoms in total. The van der Waals surface area contributed by atoms with Gasteiger partial charge >= 0.3 is 5.97 Å². The number of benzene rings is 2. The van der Waals surface area contributed by atoms with Crippen LogP contribution in [-0.2, 0) is 16.0 Å². The Bertz CT molecular complexity index is 990. The fraction of sp³-hybridized carbons (Fsp3) is 0.158. The molecule has 0 unspecified atom stereocenters. The number of carbonyl (C=O) groups is 2. The van der Waals surface area contributed by atoms with Crippen molar-refractivity contribution in [1.29, 1.82) is 0 Å². The number of amides is 1. The number of rotatable bonds is 5. The van der Waals surface area contributed by atoms with Crippen LogP contribution in [0.2, 0.25) is 0 Å². The zero-order valence-electron chi connectivity index (χ0n) is 14.3. The summed E-state index contributed by atoms with van der Waals surface area (Å²) in [7, 11) is 1.18. The van der Waals surface area contributed by atoms with Crippen molar-refractivity contribution in [3.8, 4) is 0 Å². The van der Waals surface area contributed by atoms with E-state index in [1.54, 1.807) is 18.2 Å². The van der Waals surface area contributed by atoms with E-state index >= 15 is 0 Å². The number of hydrogen-bond donors (Lipinski definition) is 1. The predicted octanol–water partition coefficient (Wildman–Crippen LogP) is 2.42. The van der Waals surface area contributed by atoms with E-state index in [2.05, 4.69) is 15.3 Å². The lowest BCUT2D eigenvalue weighted by atomic mass is 10.1. The maximum atomic E-state index is 13.3. The van der Waals surface area contributed by atoms with Crippen LogP contribution in [0.1, 0.15) is 16.1 Å². The molecule has 3 rings (SSSR count). The quantitative estimate of drug-likeness (QED) is 0.697. The van der Waals surface area contributed by atoms with Crippen LogP contribution < -0.4 is 5.32 Å². The molecule has 1 aromatic heterocycles. The normalized spacial score (nSPS) is 11.8. The second-order valence-corrected chi connectivity index (χ2v) is 5.76. The van der Waals surface area contributed by atoms with E-state index in [4.69, 9.17) is 4.74 Å². The number of carbonyl (C=O) groups excluding carboxylic acids is 2. The van der Waals surface area contributed by atoms with Crippen molar-refractivity contribution in [1.82, 2.24) is 15.3 Å². The number of halogens is 2. The van der Waals surface area contributed by atoms with E-state index < -0.39 is 29.6 Å². The van der Waals surface area contributed by atoms with Crippen LogP contribution in [-0.4, -0.2) is 35.0 Å². The lowest BCUT2D eigenvalue weighted by Gasteiger charge is -2.16. The van der Waals surface area contributed by atoms with E-state index in [1.807, 2.05) is 6.07 Å². The molecular formula is C19H15F2N3O3. The van der Waals surface area contributed by atoms with E-state index in [1.165, 1.54) is 13.3 Å². The molecule has 3 aromatic rings. The average Bonchev–Trinajstić information content (AvgIpc) is 2.66. The minimum atomic E-state index is -1.09. The summed E-state index contributed by atoms with van der Waals surface area (Å²) in [6.45, 7) is 0. The number of para-hydroxylation sites is 2. The molecule has 1 atom stereocenters. The van der Waals surface area contributed by atoms with Gasteiger partial charge in [-0.05, 0) is 24.3 Å². The highest BCUT2D eigenvalue weighted by Crippen LogP contribution is 2.12. The monoisotopic (exact) mass is 371 g/mol. The van der Waals surface area contributed by atoms with Gasteiger partial charge in [0.05, 0.1) is 23.8 Å². The number of methoxy groups -OCH3 is 1. The van der Waals surface area contributed by atoms with Gasteiger partial charge in [-0.2, -0.15) is 0 Å². The van der Waals surface area contributed by atoms with Crippen molar-refractivity contribution in [3.63, 3.8) is 0 Å². The number of nitrogens with one attached hydrogen (secondary N) is 1. The zero-order chi connectivity index (χ0) is 19.4. The number of hydrogen-bond acceptors (Lipinski definition) is 5. The van der Waals surface area contributed by atoms with Gasteiger partial charge in [0.25, 0.3) is 5.91 Å². The van der Waals surface area contributed by atoms with E-state index in [-0.39, 0.29) is 12.0 Å². The maximum absolute atomic E-state index is 13.3. The molecule has 138 valence electrons. The highest BCUT2D eigenvalue weighted by atomic mass is 19.1. The summed E-state index contributed by atoms with van der Waals surface area (Å²) in [5, 5.41) is 2.42. The molecule has 8 heteroatoms. The van der Waals surface area contributed by atoms with Gasteiger partial charge in [0.15, 0.2) is 0 Å². The maximum Gasteiger partial charge on any atom is 0.328 e. The third-order valence-corrected chi connectivity index (χ3v) is 3.83. The molecule has 0 aliphatic heterocycles. The molecule has 1 heterocycles. The Hall–Kier alpha value is -3.42. The lowest BCUT2D eigenvalue weighted by molar-refractivity contribution is -0.142. The number of aromatic nitrogens is 2. The number of nitrogens with zero attached hydrogens (tertiary/aromatic N) is 2. The van der Waals surface area contributed by atoms with Crippen LogP contribution in [0.3, 0.4) is 0 Å². The molecule has 0 radical (unpaired) electrons. The van der Waals surface area contributed by atoms with Gasteiger partial charge in [-0.25, -0.2) is 18.6 Å². The molecular weight excluding hydrogens is 356 g/mol. The van der Waals surface area contributed by atoms with Crippen molar-refractivity contribution in [2.75, 3.05) is 7.11 Å². The van der Waals surface area contributed by atoms with Crippen LogP contribution in [0.5, 0.6) is 0 Å². The van der Waals surface area contributed by atoms with Crippen molar-refractivity contribution in [2.45, 2.75) is 12.5 Å². The topological polar surface area (TPSA) is 81.2 Å². The third kappa shape index (κ3) is 4.41. The summed E-state index contributed by atoms with van der Waals surface area (Å²) in [6.07, 6.45) is 1.50. The van der Waals surface area contributed by atoms with Crippen LogP contribution in [0.25, 0.3) is 11.0 Å². The van der Waals surface area contributed by atoms with Crippen LogP contribution in [0, 0.1) is 11.6 Å². The fourth-order valence-corrected chi connectivity index (χ4v) is 2.57. The zero-order valence-corrected chi connectivity index (χ0v) is 14.3. The van der Waals surface area contributed by atoms with Gasteiger partial charge in [0.1, 0.15) is 17.7 Å². The largest absolute Gasteiger partial charge is 0.467 e. The van der Waals surface area contributed by atoms with Crippen LogP contribution >= 0.6 is 0 Å². The van der Waals surface area contributed by atoms with Crippen molar-refractivity contribution in [3.05, 3.63) is 71.6 Å². The van der Waals surface area contributed by atoms with Gasteiger partial charge in [-0.15, -0.1) is 0 Å². The standard InChI is InChI=1S/C19H15F2N3O3/c1-27-19(26)17(24-18(25)11-6-12(20)8-13(21)7-11)9-14-10-22-15-4-2-3-5-16(15)23-14/h2-8,10,17H,9H2,1H3,(H,24,25)/t17-/m0/s1. The summed E-state index contributed by atoms with van der Waals surface area (Å²) >= 11 is 0. The summed E-state index contributed by atoms with van der Waals surface area (Å²) in [5.74, 6) is -3.31. The first-order valence-electron chi connectivity index (χ1n) is 8.01.